The highest BCUT2D eigenvalue weighted by Crippen LogP contribution is 2.30. The molecule has 9 heteroatoms. The number of hydrogen-bond donors (Lipinski definition) is 4. The minimum Gasteiger partial charge on any atom is -0.491 e. The normalized spacial score (nSPS) is 12.4. The topological polar surface area (TPSA) is 126 Å². The van der Waals surface area contributed by atoms with Gasteiger partial charge in [0.05, 0.1) is 6.61 Å². The smallest absolute Gasteiger partial charge is 0.412 e. The fourth-order valence-corrected chi connectivity index (χ4v) is 3.49. The number of aliphatic hydroxyl groups excluding tert-OH is 1. The predicted octanol–water partition coefficient (Wildman–Crippen LogP) is 4.64. The van der Waals surface area contributed by atoms with Crippen LogP contribution in [0.5, 0.6) is 11.5 Å². The molecule has 9 nitrogen and oxygen atoms in total. The summed E-state index contributed by atoms with van der Waals surface area (Å²) in [6.45, 7) is 0.0498. The van der Waals surface area contributed by atoms with Crippen LogP contribution in [-0.4, -0.2) is 41.6 Å². The van der Waals surface area contributed by atoms with Gasteiger partial charge in [-0.3, -0.25) is 15.3 Å². The molecular formula is C28H30N2O7. The molecule has 4 N–H and O–H groups in total. The van der Waals surface area contributed by atoms with Gasteiger partial charge in [0.25, 0.3) is 5.91 Å². The van der Waals surface area contributed by atoms with Gasteiger partial charge in [0.2, 0.25) is 0 Å². The standard InChI is InChI=1S/C28H30N2O7/c31-19-20-35-23-17-15-21(16-18-23)27(37-28(33)29-22-9-3-1-4-10-22)25(13-7-8-14-26(32)30-34)36-24-11-5-2-6-12-24/h1-6,8-12,14-18,25,27,31,34H,7,13,19-20H2,(H,29,33)(H,30,32)/b14-8+/t25-,27-/m1/s1. The van der Waals surface area contributed by atoms with Crippen molar-refractivity contribution in [3.8, 4) is 11.5 Å². The van der Waals surface area contributed by atoms with E-state index in [1.165, 1.54) is 6.08 Å². The van der Waals surface area contributed by atoms with Crippen molar-refractivity contribution in [1.29, 1.82) is 0 Å². The SMILES string of the molecule is O=C(/C=C/CC[C@@H](Oc1ccccc1)[C@H](OC(=O)Nc1ccccc1)c1ccc(OCCO)cc1)NO. The summed E-state index contributed by atoms with van der Waals surface area (Å²) in [7, 11) is 0. The molecule has 0 aliphatic heterocycles. The number of rotatable bonds is 13. The van der Waals surface area contributed by atoms with Crippen molar-refractivity contribution in [3.05, 3.63) is 103 Å². The van der Waals surface area contributed by atoms with Crippen molar-refractivity contribution in [2.45, 2.75) is 25.0 Å². The average Bonchev–Trinajstić information content (AvgIpc) is 2.93. The third-order valence-corrected chi connectivity index (χ3v) is 5.19. The second kappa shape index (κ2) is 14.9. The van der Waals surface area contributed by atoms with E-state index in [0.29, 0.717) is 35.6 Å². The van der Waals surface area contributed by atoms with Crippen molar-refractivity contribution >= 4 is 17.7 Å². The maximum atomic E-state index is 12.9. The quantitative estimate of drug-likeness (QED) is 0.151. The number of hydrogen-bond acceptors (Lipinski definition) is 7. The average molecular weight is 507 g/mol. The Labute approximate surface area is 215 Å². The van der Waals surface area contributed by atoms with Gasteiger partial charge >= 0.3 is 6.09 Å². The summed E-state index contributed by atoms with van der Waals surface area (Å²) in [5.41, 5.74) is 2.79. The molecule has 194 valence electrons. The number of aliphatic hydroxyl groups is 1. The van der Waals surface area contributed by atoms with Crippen molar-refractivity contribution < 1.29 is 34.1 Å². The van der Waals surface area contributed by atoms with Crippen LogP contribution in [0.4, 0.5) is 10.5 Å². The van der Waals surface area contributed by atoms with E-state index in [1.807, 2.05) is 24.3 Å². The van der Waals surface area contributed by atoms with E-state index in [9.17, 15) is 9.59 Å². The molecule has 0 saturated heterocycles. The Balaban J connectivity index is 1.87. The molecule has 0 spiro atoms. The van der Waals surface area contributed by atoms with Gasteiger partial charge in [0.15, 0.2) is 6.10 Å². The van der Waals surface area contributed by atoms with Crippen molar-refractivity contribution in [3.63, 3.8) is 0 Å². The summed E-state index contributed by atoms with van der Waals surface area (Å²) in [4.78, 5) is 24.2. The zero-order chi connectivity index (χ0) is 26.3. The van der Waals surface area contributed by atoms with Crippen LogP contribution in [0, 0.1) is 0 Å². The lowest BCUT2D eigenvalue weighted by atomic mass is 10.00. The lowest BCUT2D eigenvalue weighted by molar-refractivity contribution is -0.124. The summed E-state index contributed by atoms with van der Waals surface area (Å²) >= 11 is 0. The van der Waals surface area contributed by atoms with Crippen molar-refractivity contribution in [1.82, 2.24) is 5.48 Å². The lowest BCUT2D eigenvalue weighted by Crippen LogP contribution is -2.31. The fraction of sp³-hybridized carbons (Fsp3) is 0.214. The molecule has 0 heterocycles. The van der Waals surface area contributed by atoms with E-state index in [0.717, 1.165) is 0 Å². The molecule has 0 saturated carbocycles. The third kappa shape index (κ3) is 9.32. The van der Waals surface area contributed by atoms with Crippen LogP contribution in [-0.2, 0) is 9.53 Å². The number of carbonyl (C=O) groups excluding carboxylic acids is 2. The van der Waals surface area contributed by atoms with Crippen LogP contribution < -0.4 is 20.3 Å². The van der Waals surface area contributed by atoms with Gasteiger partial charge in [-0.1, -0.05) is 54.6 Å². The molecule has 0 radical (unpaired) electrons. The van der Waals surface area contributed by atoms with Gasteiger partial charge in [-0.25, -0.2) is 10.3 Å². The second-order valence-electron chi connectivity index (χ2n) is 7.88. The second-order valence-corrected chi connectivity index (χ2v) is 7.88. The number of para-hydroxylation sites is 2. The molecule has 0 unspecified atom stereocenters. The Morgan fingerprint density at radius 2 is 1.57 bits per heavy atom. The Kier molecular flexibility index (Phi) is 11.0. The number of anilines is 1. The van der Waals surface area contributed by atoms with Crippen LogP contribution >= 0.6 is 0 Å². The van der Waals surface area contributed by atoms with E-state index < -0.39 is 24.2 Å². The minimum absolute atomic E-state index is 0.109. The van der Waals surface area contributed by atoms with Crippen LogP contribution in [0.1, 0.15) is 24.5 Å². The summed E-state index contributed by atoms with van der Waals surface area (Å²) < 4.78 is 17.6. The Morgan fingerprint density at radius 1 is 0.892 bits per heavy atom. The molecule has 3 rings (SSSR count). The highest BCUT2D eigenvalue weighted by molar-refractivity contribution is 5.86. The molecule has 3 aromatic rings. The first-order valence-electron chi connectivity index (χ1n) is 11.8. The molecule has 2 atom stereocenters. The van der Waals surface area contributed by atoms with E-state index in [1.54, 1.807) is 72.2 Å². The van der Waals surface area contributed by atoms with Crippen molar-refractivity contribution in [2.75, 3.05) is 18.5 Å². The summed E-state index contributed by atoms with van der Waals surface area (Å²) in [6, 6.07) is 25.1. The number of ether oxygens (including phenoxy) is 3. The van der Waals surface area contributed by atoms with Crippen molar-refractivity contribution in [2.24, 2.45) is 0 Å². The number of benzene rings is 3. The fourth-order valence-electron chi connectivity index (χ4n) is 3.49. The first-order valence-corrected chi connectivity index (χ1v) is 11.8. The van der Waals surface area contributed by atoms with E-state index in [-0.39, 0.29) is 13.2 Å². The monoisotopic (exact) mass is 506 g/mol. The van der Waals surface area contributed by atoms with Gasteiger partial charge < -0.3 is 19.3 Å². The van der Waals surface area contributed by atoms with E-state index in [2.05, 4.69) is 5.32 Å². The van der Waals surface area contributed by atoms with Crippen LogP contribution in [0.3, 0.4) is 0 Å². The Bertz CT molecular complexity index is 1120. The highest BCUT2D eigenvalue weighted by atomic mass is 16.6. The van der Waals surface area contributed by atoms with Crippen LogP contribution in [0.25, 0.3) is 0 Å². The number of hydroxylamine groups is 1. The predicted molar refractivity (Wildman–Crippen MR) is 137 cm³/mol. The lowest BCUT2D eigenvalue weighted by Gasteiger charge is -2.28. The molecule has 37 heavy (non-hydrogen) atoms. The van der Waals surface area contributed by atoms with E-state index in [4.69, 9.17) is 24.5 Å². The maximum Gasteiger partial charge on any atom is 0.412 e. The first-order chi connectivity index (χ1) is 18.1. The van der Waals surface area contributed by atoms with Gasteiger partial charge in [-0.15, -0.1) is 0 Å². The number of nitrogens with one attached hydrogen (secondary N) is 2. The molecule has 2 amide bonds. The first kappa shape index (κ1) is 27.3. The van der Waals surface area contributed by atoms with Crippen LogP contribution in [0.2, 0.25) is 0 Å². The summed E-state index contributed by atoms with van der Waals surface area (Å²) in [5.74, 6) is 0.502. The molecule has 0 aliphatic carbocycles. The molecular weight excluding hydrogens is 476 g/mol. The van der Waals surface area contributed by atoms with Gasteiger partial charge in [0.1, 0.15) is 24.2 Å². The molecule has 3 aromatic carbocycles. The number of amides is 2. The number of allylic oxidation sites excluding steroid dienone is 1. The largest absolute Gasteiger partial charge is 0.491 e. The molecule has 0 bridgehead atoms. The molecule has 0 aromatic heterocycles. The zero-order valence-electron chi connectivity index (χ0n) is 20.2. The third-order valence-electron chi connectivity index (χ3n) is 5.19. The van der Waals surface area contributed by atoms with Crippen LogP contribution in [0.15, 0.2) is 97.1 Å². The Hall–Kier alpha value is -4.34. The summed E-state index contributed by atoms with van der Waals surface area (Å²) in [6.07, 6.45) is 1.49. The van der Waals surface area contributed by atoms with Gasteiger partial charge in [0, 0.05) is 11.8 Å². The van der Waals surface area contributed by atoms with E-state index >= 15 is 0 Å². The summed E-state index contributed by atoms with van der Waals surface area (Å²) in [5, 5.41) is 20.4. The van der Waals surface area contributed by atoms with Gasteiger partial charge in [-0.05, 0) is 54.8 Å². The minimum atomic E-state index is -0.823. The maximum absolute atomic E-state index is 12.9. The molecule has 0 aliphatic rings. The molecule has 0 fully saturated rings. The number of carbonyl (C=O) groups is 2. The Morgan fingerprint density at radius 3 is 2.22 bits per heavy atom. The van der Waals surface area contributed by atoms with Gasteiger partial charge in [-0.2, -0.15) is 0 Å². The zero-order valence-corrected chi connectivity index (χ0v) is 20.2. The highest BCUT2D eigenvalue weighted by Gasteiger charge is 2.29.